The summed E-state index contributed by atoms with van der Waals surface area (Å²) in [5.41, 5.74) is 0. The number of allylic oxidation sites excluding steroid dienone is 1. The minimum Gasteiger partial charge on any atom is -0.447 e. The van der Waals surface area contributed by atoms with Crippen molar-refractivity contribution in [3.8, 4) is 0 Å². The van der Waals surface area contributed by atoms with Gasteiger partial charge in [0.1, 0.15) is 6.61 Å². The summed E-state index contributed by atoms with van der Waals surface area (Å²) >= 11 is 0. The predicted molar refractivity (Wildman–Crippen MR) is 62.9 cm³/mol. The largest absolute Gasteiger partial charge is 0.447 e. The molecule has 0 N–H and O–H groups in total. The maximum absolute atomic E-state index is 11.5. The average Bonchev–Trinajstić information content (AvgIpc) is 2.84. The fourth-order valence-corrected chi connectivity index (χ4v) is 2.50. The van der Waals surface area contributed by atoms with Gasteiger partial charge in [-0.3, -0.25) is 4.90 Å². The predicted octanol–water partition coefficient (Wildman–Crippen LogP) is 3.17. The van der Waals surface area contributed by atoms with E-state index in [1.54, 1.807) is 4.90 Å². The Hall–Kier alpha value is -0.990. The van der Waals surface area contributed by atoms with E-state index in [4.69, 9.17) is 4.74 Å². The van der Waals surface area contributed by atoms with Crippen molar-refractivity contribution in [1.29, 1.82) is 0 Å². The molecule has 16 heavy (non-hydrogen) atoms. The molecule has 90 valence electrons. The first kappa shape index (κ1) is 11.5. The standard InChI is InChI=1S/C13H21NO2/c1-10(2)12-9-16-13(15)14(12)8-7-11-5-3-4-6-11/h7-8,10-12H,3-6,9H2,1-2H3/t12-/m0/s1. The van der Waals surface area contributed by atoms with Crippen molar-refractivity contribution in [3.05, 3.63) is 12.3 Å². The lowest BCUT2D eigenvalue weighted by atomic mass is 10.0. The number of hydrogen-bond donors (Lipinski definition) is 0. The van der Waals surface area contributed by atoms with Crippen molar-refractivity contribution in [3.63, 3.8) is 0 Å². The minimum absolute atomic E-state index is 0.187. The number of hydrogen-bond acceptors (Lipinski definition) is 2. The fraction of sp³-hybridized carbons (Fsp3) is 0.769. The molecule has 0 radical (unpaired) electrons. The molecule has 0 aromatic heterocycles. The van der Waals surface area contributed by atoms with Gasteiger partial charge in [-0.1, -0.05) is 32.8 Å². The van der Waals surface area contributed by atoms with E-state index < -0.39 is 0 Å². The molecule has 0 aromatic carbocycles. The van der Waals surface area contributed by atoms with Gasteiger partial charge in [-0.2, -0.15) is 0 Å². The van der Waals surface area contributed by atoms with Crippen LogP contribution < -0.4 is 0 Å². The number of ether oxygens (including phenoxy) is 1. The molecule has 1 heterocycles. The quantitative estimate of drug-likeness (QED) is 0.735. The second-order valence-corrected chi connectivity index (χ2v) is 5.18. The minimum atomic E-state index is -0.187. The highest BCUT2D eigenvalue weighted by molar-refractivity contribution is 5.71. The van der Waals surface area contributed by atoms with Crippen LogP contribution in [0.1, 0.15) is 39.5 Å². The molecular formula is C13H21NO2. The lowest BCUT2D eigenvalue weighted by Gasteiger charge is -2.20. The van der Waals surface area contributed by atoms with Crippen LogP contribution >= 0.6 is 0 Å². The van der Waals surface area contributed by atoms with E-state index >= 15 is 0 Å². The maximum Gasteiger partial charge on any atom is 0.414 e. The Bertz CT molecular complexity index is 280. The van der Waals surface area contributed by atoms with Gasteiger partial charge in [-0.15, -0.1) is 0 Å². The van der Waals surface area contributed by atoms with E-state index in [-0.39, 0.29) is 12.1 Å². The number of rotatable bonds is 3. The van der Waals surface area contributed by atoms with Gasteiger partial charge >= 0.3 is 6.09 Å². The molecule has 3 nitrogen and oxygen atoms in total. The summed E-state index contributed by atoms with van der Waals surface area (Å²) < 4.78 is 5.09. The van der Waals surface area contributed by atoms with Crippen molar-refractivity contribution in [1.82, 2.24) is 4.90 Å². The SMILES string of the molecule is CC(C)[C@@H]1COC(=O)N1C=CC1CCCC1. The number of nitrogens with zero attached hydrogens (tertiary/aromatic N) is 1. The molecular weight excluding hydrogens is 202 g/mol. The second-order valence-electron chi connectivity index (χ2n) is 5.18. The third kappa shape index (κ3) is 2.39. The van der Waals surface area contributed by atoms with Crippen molar-refractivity contribution in [2.24, 2.45) is 11.8 Å². The van der Waals surface area contributed by atoms with Crippen LogP contribution in [0.15, 0.2) is 12.3 Å². The molecule has 2 rings (SSSR count). The van der Waals surface area contributed by atoms with E-state index in [1.807, 2.05) is 6.20 Å². The Morgan fingerprint density at radius 1 is 1.38 bits per heavy atom. The van der Waals surface area contributed by atoms with Crippen LogP contribution in [-0.4, -0.2) is 23.6 Å². The maximum atomic E-state index is 11.5. The van der Waals surface area contributed by atoms with Gasteiger partial charge < -0.3 is 4.74 Å². The molecule has 1 aliphatic carbocycles. The van der Waals surface area contributed by atoms with Gasteiger partial charge in [0.25, 0.3) is 0 Å². The average molecular weight is 223 g/mol. The first-order chi connectivity index (χ1) is 7.68. The highest BCUT2D eigenvalue weighted by Gasteiger charge is 2.33. The van der Waals surface area contributed by atoms with Crippen LogP contribution in [0, 0.1) is 11.8 Å². The van der Waals surface area contributed by atoms with E-state index in [9.17, 15) is 4.79 Å². The summed E-state index contributed by atoms with van der Waals surface area (Å²) in [4.78, 5) is 13.3. The van der Waals surface area contributed by atoms with E-state index in [0.717, 1.165) is 0 Å². The van der Waals surface area contributed by atoms with Crippen LogP contribution in [0.3, 0.4) is 0 Å². The smallest absolute Gasteiger partial charge is 0.414 e. The van der Waals surface area contributed by atoms with Gasteiger partial charge in [0, 0.05) is 6.20 Å². The zero-order valence-corrected chi connectivity index (χ0v) is 10.2. The fourth-order valence-electron chi connectivity index (χ4n) is 2.50. The molecule has 1 saturated heterocycles. The van der Waals surface area contributed by atoms with Crippen molar-refractivity contribution in [2.75, 3.05) is 6.61 Å². The van der Waals surface area contributed by atoms with Crippen LogP contribution in [0.25, 0.3) is 0 Å². The third-order valence-corrected chi connectivity index (χ3v) is 3.63. The summed E-state index contributed by atoms with van der Waals surface area (Å²) in [6.45, 7) is 4.79. The monoisotopic (exact) mass is 223 g/mol. The Kier molecular flexibility index (Phi) is 3.52. The number of amides is 1. The Morgan fingerprint density at radius 3 is 2.69 bits per heavy atom. The van der Waals surface area contributed by atoms with Crippen LogP contribution in [-0.2, 0) is 4.74 Å². The van der Waals surface area contributed by atoms with E-state index in [0.29, 0.717) is 18.4 Å². The number of carbonyl (C=O) groups is 1. The lowest BCUT2D eigenvalue weighted by molar-refractivity contribution is 0.166. The molecule has 0 aromatic rings. The van der Waals surface area contributed by atoms with Crippen LogP contribution in [0.5, 0.6) is 0 Å². The molecule has 1 amide bonds. The molecule has 2 fully saturated rings. The molecule has 0 bridgehead atoms. The van der Waals surface area contributed by atoms with E-state index in [2.05, 4.69) is 19.9 Å². The number of carbonyl (C=O) groups excluding carboxylic acids is 1. The van der Waals surface area contributed by atoms with Gasteiger partial charge in [0.05, 0.1) is 6.04 Å². The van der Waals surface area contributed by atoms with Crippen molar-refractivity contribution in [2.45, 2.75) is 45.6 Å². The Labute approximate surface area is 97.5 Å². The zero-order chi connectivity index (χ0) is 11.5. The van der Waals surface area contributed by atoms with Crippen LogP contribution in [0.2, 0.25) is 0 Å². The summed E-state index contributed by atoms with van der Waals surface area (Å²) in [5.74, 6) is 1.11. The van der Waals surface area contributed by atoms with Crippen LogP contribution in [0.4, 0.5) is 4.79 Å². The third-order valence-electron chi connectivity index (χ3n) is 3.63. The van der Waals surface area contributed by atoms with E-state index in [1.165, 1.54) is 25.7 Å². The zero-order valence-electron chi connectivity index (χ0n) is 10.2. The summed E-state index contributed by atoms with van der Waals surface area (Å²) in [6, 6.07) is 0.213. The topological polar surface area (TPSA) is 29.5 Å². The van der Waals surface area contributed by atoms with Gasteiger partial charge in [0.2, 0.25) is 0 Å². The summed E-state index contributed by atoms with van der Waals surface area (Å²) in [7, 11) is 0. The molecule has 1 saturated carbocycles. The molecule has 0 spiro atoms. The molecule has 1 atom stereocenters. The summed E-state index contributed by atoms with van der Waals surface area (Å²) in [6.07, 6.45) is 9.15. The molecule has 2 aliphatic rings. The normalized spacial score (nSPS) is 27.3. The number of cyclic esters (lactones) is 1. The Morgan fingerprint density at radius 2 is 2.06 bits per heavy atom. The Balaban J connectivity index is 1.97. The first-order valence-corrected chi connectivity index (χ1v) is 6.32. The molecule has 3 heteroatoms. The molecule has 1 aliphatic heterocycles. The highest BCUT2D eigenvalue weighted by atomic mass is 16.6. The second kappa shape index (κ2) is 4.89. The summed E-state index contributed by atoms with van der Waals surface area (Å²) in [5, 5.41) is 0. The molecule has 0 unspecified atom stereocenters. The highest BCUT2D eigenvalue weighted by Crippen LogP contribution is 2.27. The lowest BCUT2D eigenvalue weighted by Crippen LogP contribution is -2.32. The van der Waals surface area contributed by atoms with Gasteiger partial charge in [0.15, 0.2) is 0 Å². The van der Waals surface area contributed by atoms with Gasteiger partial charge in [-0.05, 0) is 24.7 Å². The van der Waals surface area contributed by atoms with Crippen molar-refractivity contribution >= 4 is 6.09 Å². The first-order valence-electron chi connectivity index (χ1n) is 6.32. The van der Waals surface area contributed by atoms with Crippen molar-refractivity contribution < 1.29 is 9.53 Å². The van der Waals surface area contributed by atoms with Gasteiger partial charge in [-0.25, -0.2) is 4.79 Å².